The summed E-state index contributed by atoms with van der Waals surface area (Å²) in [5.74, 6) is 0. The van der Waals surface area contributed by atoms with Crippen molar-refractivity contribution in [2.75, 3.05) is 19.6 Å². The molecule has 1 aliphatic heterocycles. The molecule has 0 radical (unpaired) electrons. The van der Waals surface area contributed by atoms with Gasteiger partial charge in [-0.3, -0.25) is 4.90 Å². The molecule has 1 heterocycles. The van der Waals surface area contributed by atoms with Crippen LogP contribution in [0.4, 0.5) is 0 Å². The second-order valence-electron chi connectivity index (χ2n) is 7.47. The number of benzene rings is 1. The number of likely N-dealkylation sites (N-methyl/N-ethyl adjacent to an activating group) is 1. The van der Waals surface area contributed by atoms with Crippen molar-refractivity contribution < 1.29 is 0 Å². The van der Waals surface area contributed by atoms with Gasteiger partial charge in [-0.25, -0.2) is 0 Å². The van der Waals surface area contributed by atoms with E-state index in [9.17, 15) is 0 Å². The maximum absolute atomic E-state index is 3.66. The van der Waals surface area contributed by atoms with Gasteiger partial charge in [-0.15, -0.1) is 0 Å². The fourth-order valence-electron chi connectivity index (χ4n) is 3.25. The molecule has 0 aliphatic carbocycles. The van der Waals surface area contributed by atoms with Crippen LogP contribution in [0.2, 0.25) is 0 Å². The number of nitrogens with zero attached hydrogens (tertiary/aromatic N) is 1. The summed E-state index contributed by atoms with van der Waals surface area (Å²) in [6.07, 6.45) is 2.70. The summed E-state index contributed by atoms with van der Waals surface area (Å²) in [5, 5.41) is 3.66. The topological polar surface area (TPSA) is 15.3 Å². The van der Waals surface area contributed by atoms with Crippen molar-refractivity contribution in [1.29, 1.82) is 0 Å². The van der Waals surface area contributed by atoms with Crippen LogP contribution in [0.5, 0.6) is 0 Å². The van der Waals surface area contributed by atoms with E-state index in [0.717, 1.165) is 19.1 Å². The molecule has 0 bridgehead atoms. The minimum absolute atomic E-state index is 0.232. The van der Waals surface area contributed by atoms with Crippen LogP contribution in [0, 0.1) is 0 Å². The number of hydrogen-bond acceptors (Lipinski definition) is 2. The Morgan fingerprint density at radius 3 is 2.38 bits per heavy atom. The van der Waals surface area contributed by atoms with E-state index >= 15 is 0 Å². The van der Waals surface area contributed by atoms with Crippen molar-refractivity contribution in [3.63, 3.8) is 0 Å². The highest BCUT2D eigenvalue weighted by atomic mass is 15.2. The zero-order valence-corrected chi connectivity index (χ0v) is 14.4. The van der Waals surface area contributed by atoms with Crippen LogP contribution in [0.1, 0.15) is 64.6 Å². The lowest BCUT2D eigenvalue weighted by atomic mass is 9.86. The summed E-state index contributed by atoms with van der Waals surface area (Å²) in [6.45, 7) is 14.8. The average molecular weight is 288 g/mol. The molecule has 21 heavy (non-hydrogen) atoms. The van der Waals surface area contributed by atoms with Crippen molar-refractivity contribution in [3.05, 3.63) is 35.4 Å². The normalized spacial score (nSPS) is 21.7. The molecule has 1 aromatic rings. The van der Waals surface area contributed by atoms with Crippen molar-refractivity contribution in [2.24, 2.45) is 0 Å². The molecule has 0 amide bonds. The van der Waals surface area contributed by atoms with E-state index < -0.39 is 0 Å². The molecule has 1 aliphatic rings. The highest BCUT2D eigenvalue weighted by Crippen LogP contribution is 2.26. The van der Waals surface area contributed by atoms with Gasteiger partial charge in [0, 0.05) is 18.6 Å². The van der Waals surface area contributed by atoms with E-state index in [2.05, 4.69) is 69.1 Å². The third-order valence-corrected chi connectivity index (χ3v) is 4.74. The highest BCUT2D eigenvalue weighted by Gasteiger charge is 2.24. The van der Waals surface area contributed by atoms with Gasteiger partial charge in [-0.05, 0) is 49.4 Å². The summed E-state index contributed by atoms with van der Waals surface area (Å²) < 4.78 is 0. The largest absolute Gasteiger partial charge is 0.309 e. The molecule has 1 aromatic carbocycles. The van der Waals surface area contributed by atoms with Gasteiger partial charge >= 0.3 is 0 Å². The van der Waals surface area contributed by atoms with Crippen molar-refractivity contribution >= 4 is 0 Å². The maximum atomic E-state index is 3.66. The minimum Gasteiger partial charge on any atom is -0.309 e. The van der Waals surface area contributed by atoms with Crippen LogP contribution in [-0.2, 0) is 5.41 Å². The maximum Gasteiger partial charge on any atom is 0.0449 e. The summed E-state index contributed by atoms with van der Waals surface area (Å²) >= 11 is 0. The molecule has 2 rings (SSSR count). The Labute approximate surface area is 130 Å². The van der Waals surface area contributed by atoms with E-state index in [-0.39, 0.29) is 5.41 Å². The molecule has 2 heteroatoms. The highest BCUT2D eigenvalue weighted by molar-refractivity contribution is 5.29. The smallest absolute Gasteiger partial charge is 0.0449 e. The molecule has 2 unspecified atom stereocenters. The zero-order valence-electron chi connectivity index (χ0n) is 14.4. The summed E-state index contributed by atoms with van der Waals surface area (Å²) in [5.41, 5.74) is 3.07. The SMILES string of the molecule is CCNC(CN1CCCC1C)c1ccc(C(C)(C)C)cc1. The van der Waals surface area contributed by atoms with Crippen LogP contribution in [0.25, 0.3) is 0 Å². The number of nitrogens with one attached hydrogen (secondary N) is 1. The predicted molar refractivity (Wildman–Crippen MR) is 91.8 cm³/mol. The molecular weight excluding hydrogens is 256 g/mol. The Hall–Kier alpha value is -0.860. The van der Waals surface area contributed by atoms with E-state index in [1.807, 2.05) is 0 Å². The first-order valence-electron chi connectivity index (χ1n) is 8.49. The molecule has 2 nitrogen and oxygen atoms in total. The first kappa shape index (κ1) is 16.5. The Morgan fingerprint density at radius 1 is 1.24 bits per heavy atom. The molecule has 118 valence electrons. The standard InChI is InChI=1S/C19H32N2/c1-6-20-18(14-21-13-7-8-15(21)2)16-9-11-17(12-10-16)19(3,4)5/h9-12,15,18,20H,6-8,13-14H2,1-5H3. The second-order valence-corrected chi connectivity index (χ2v) is 7.47. The first-order chi connectivity index (χ1) is 9.91. The van der Waals surface area contributed by atoms with Gasteiger partial charge in [0.2, 0.25) is 0 Å². The van der Waals surface area contributed by atoms with Crippen LogP contribution < -0.4 is 5.32 Å². The van der Waals surface area contributed by atoms with E-state index in [0.29, 0.717) is 6.04 Å². The molecule has 0 spiro atoms. The molecular formula is C19H32N2. The van der Waals surface area contributed by atoms with Gasteiger partial charge in [-0.2, -0.15) is 0 Å². The molecule has 1 fully saturated rings. The third-order valence-electron chi connectivity index (χ3n) is 4.74. The minimum atomic E-state index is 0.232. The Bertz CT molecular complexity index is 430. The number of rotatable bonds is 5. The summed E-state index contributed by atoms with van der Waals surface area (Å²) in [7, 11) is 0. The lowest BCUT2D eigenvalue weighted by Gasteiger charge is -2.28. The van der Waals surface area contributed by atoms with Crippen LogP contribution in [-0.4, -0.2) is 30.6 Å². The van der Waals surface area contributed by atoms with Gasteiger partial charge in [0.25, 0.3) is 0 Å². The van der Waals surface area contributed by atoms with Crippen LogP contribution >= 0.6 is 0 Å². The molecule has 1 saturated heterocycles. The predicted octanol–water partition coefficient (Wildman–Crippen LogP) is 4.12. The van der Waals surface area contributed by atoms with Crippen molar-refractivity contribution in [1.82, 2.24) is 10.2 Å². The Balaban J connectivity index is 2.10. The van der Waals surface area contributed by atoms with Crippen LogP contribution in [0.15, 0.2) is 24.3 Å². The average Bonchev–Trinajstić information content (AvgIpc) is 2.83. The van der Waals surface area contributed by atoms with Crippen LogP contribution in [0.3, 0.4) is 0 Å². The summed E-state index contributed by atoms with van der Waals surface area (Å²) in [6, 6.07) is 10.4. The second kappa shape index (κ2) is 6.93. The zero-order chi connectivity index (χ0) is 15.5. The molecule has 1 N–H and O–H groups in total. The van der Waals surface area contributed by atoms with Gasteiger partial charge in [0.05, 0.1) is 0 Å². The lowest BCUT2D eigenvalue weighted by molar-refractivity contribution is 0.238. The summed E-state index contributed by atoms with van der Waals surface area (Å²) in [4.78, 5) is 2.63. The number of hydrogen-bond donors (Lipinski definition) is 1. The van der Waals surface area contributed by atoms with Gasteiger partial charge in [-0.1, -0.05) is 52.0 Å². The fourth-order valence-corrected chi connectivity index (χ4v) is 3.25. The van der Waals surface area contributed by atoms with E-state index in [4.69, 9.17) is 0 Å². The Kier molecular flexibility index (Phi) is 5.45. The van der Waals surface area contributed by atoms with Gasteiger partial charge < -0.3 is 5.32 Å². The van der Waals surface area contributed by atoms with Gasteiger partial charge in [0.15, 0.2) is 0 Å². The molecule has 0 aromatic heterocycles. The third kappa shape index (κ3) is 4.31. The fraction of sp³-hybridized carbons (Fsp3) is 0.684. The monoisotopic (exact) mass is 288 g/mol. The van der Waals surface area contributed by atoms with Gasteiger partial charge in [0.1, 0.15) is 0 Å². The van der Waals surface area contributed by atoms with E-state index in [1.165, 1.54) is 30.5 Å². The lowest BCUT2D eigenvalue weighted by Crippen LogP contribution is -2.37. The quantitative estimate of drug-likeness (QED) is 0.877. The van der Waals surface area contributed by atoms with Crippen molar-refractivity contribution in [2.45, 2.75) is 65.0 Å². The molecule has 0 saturated carbocycles. The van der Waals surface area contributed by atoms with Crippen molar-refractivity contribution in [3.8, 4) is 0 Å². The number of likely N-dealkylation sites (tertiary alicyclic amines) is 1. The molecule has 2 atom stereocenters. The van der Waals surface area contributed by atoms with E-state index in [1.54, 1.807) is 0 Å². The Morgan fingerprint density at radius 2 is 1.90 bits per heavy atom. The first-order valence-corrected chi connectivity index (χ1v) is 8.49.